The highest BCUT2D eigenvalue weighted by molar-refractivity contribution is 5.85. The molecule has 2 rings (SSSR count). The second kappa shape index (κ2) is 5.98. The quantitative estimate of drug-likeness (QED) is 0.924. The summed E-state index contributed by atoms with van der Waals surface area (Å²) < 4.78 is 13.8. The molecule has 0 amide bonds. The van der Waals surface area contributed by atoms with E-state index in [9.17, 15) is 9.18 Å². The number of hydrogen-bond acceptors (Lipinski definition) is 3. The van der Waals surface area contributed by atoms with Crippen molar-refractivity contribution in [1.29, 1.82) is 5.26 Å². The summed E-state index contributed by atoms with van der Waals surface area (Å²) in [5.74, 6) is -0.630. The molecular weight excluding hydrogens is 255 g/mol. The van der Waals surface area contributed by atoms with Crippen LogP contribution in [-0.4, -0.2) is 5.78 Å². The number of halogens is 1. The number of benzene rings is 2. The average molecular weight is 268 g/mol. The Hall–Kier alpha value is -2.67. The summed E-state index contributed by atoms with van der Waals surface area (Å²) in [6, 6.07) is 14.1. The highest BCUT2D eigenvalue weighted by Crippen LogP contribution is 2.23. The lowest BCUT2D eigenvalue weighted by Gasteiger charge is -2.18. The van der Waals surface area contributed by atoms with E-state index in [0.29, 0.717) is 16.8 Å². The minimum atomic E-state index is -0.773. The number of rotatable bonds is 4. The van der Waals surface area contributed by atoms with Crippen LogP contribution in [0.2, 0.25) is 0 Å². The number of Topliss-reactive ketones (excluding diaryl/α,β-unsaturated/α-hetero) is 1. The molecule has 0 aliphatic heterocycles. The number of hydrogen-bond donors (Lipinski definition) is 1. The Balaban J connectivity index is 2.34. The molecule has 20 heavy (non-hydrogen) atoms. The predicted octanol–water partition coefficient (Wildman–Crippen LogP) is 3.44. The lowest BCUT2D eigenvalue weighted by atomic mass is 10.0. The van der Waals surface area contributed by atoms with Crippen LogP contribution in [0.4, 0.5) is 10.1 Å². The van der Waals surface area contributed by atoms with Gasteiger partial charge in [-0.05, 0) is 31.2 Å². The van der Waals surface area contributed by atoms with Crippen LogP contribution in [0.5, 0.6) is 0 Å². The fraction of sp³-hybridized carbons (Fsp3) is 0.125. The molecule has 1 unspecified atom stereocenters. The molecule has 0 saturated heterocycles. The molecule has 0 radical (unpaired) electrons. The van der Waals surface area contributed by atoms with Gasteiger partial charge in [-0.1, -0.05) is 24.3 Å². The maximum atomic E-state index is 13.8. The summed E-state index contributed by atoms with van der Waals surface area (Å²) in [6.45, 7) is 1.40. The molecule has 0 aliphatic carbocycles. The fourth-order valence-corrected chi connectivity index (χ4v) is 1.95. The molecule has 2 aromatic carbocycles. The lowest BCUT2D eigenvalue weighted by molar-refractivity contribution is -0.117. The Morgan fingerprint density at radius 3 is 2.65 bits per heavy atom. The van der Waals surface area contributed by atoms with Gasteiger partial charge in [-0.25, -0.2) is 4.39 Å². The Labute approximate surface area is 116 Å². The molecule has 100 valence electrons. The highest BCUT2D eigenvalue weighted by atomic mass is 19.1. The smallest absolute Gasteiger partial charge is 0.156 e. The van der Waals surface area contributed by atoms with Crippen molar-refractivity contribution in [2.45, 2.75) is 13.0 Å². The van der Waals surface area contributed by atoms with Crippen molar-refractivity contribution in [2.75, 3.05) is 5.32 Å². The van der Waals surface area contributed by atoms with Gasteiger partial charge >= 0.3 is 0 Å². The van der Waals surface area contributed by atoms with Crippen molar-refractivity contribution in [1.82, 2.24) is 0 Å². The first-order valence-corrected chi connectivity index (χ1v) is 6.13. The van der Waals surface area contributed by atoms with E-state index in [-0.39, 0.29) is 5.78 Å². The third-order valence-electron chi connectivity index (χ3n) is 2.93. The summed E-state index contributed by atoms with van der Waals surface area (Å²) >= 11 is 0. The van der Waals surface area contributed by atoms with Gasteiger partial charge in [0.25, 0.3) is 0 Å². The first kappa shape index (κ1) is 13.8. The van der Waals surface area contributed by atoms with Gasteiger partial charge in [-0.3, -0.25) is 4.79 Å². The second-order valence-electron chi connectivity index (χ2n) is 4.40. The zero-order chi connectivity index (χ0) is 14.5. The van der Waals surface area contributed by atoms with Crippen LogP contribution in [-0.2, 0) is 4.79 Å². The first-order valence-electron chi connectivity index (χ1n) is 6.13. The number of nitrogens with one attached hydrogen (secondary N) is 1. The SMILES string of the molecule is CC(=O)C(Nc1cccc(C#N)c1)c1ccccc1F. The van der Waals surface area contributed by atoms with Crippen molar-refractivity contribution < 1.29 is 9.18 Å². The van der Waals surface area contributed by atoms with Crippen molar-refractivity contribution in [3.05, 3.63) is 65.5 Å². The van der Waals surface area contributed by atoms with E-state index in [0.717, 1.165) is 0 Å². The summed E-state index contributed by atoms with van der Waals surface area (Å²) in [6.07, 6.45) is 0. The van der Waals surface area contributed by atoms with Crippen molar-refractivity contribution in [2.24, 2.45) is 0 Å². The van der Waals surface area contributed by atoms with Gasteiger partial charge in [0.15, 0.2) is 5.78 Å². The van der Waals surface area contributed by atoms with E-state index in [4.69, 9.17) is 5.26 Å². The van der Waals surface area contributed by atoms with Crippen LogP contribution < -0.4 is 5.32 Å². The van der Waals surface area contributed by atoms with Crippen LogP contribution >= 0.6 is 0 Å². The van der Waals surface area contributed by atoms with Gasteiger partial charge in [0, 0.05) is 11.3 Å². The monoisotopic (exact) mass is 268 g/mol. The predicted molar refractivity (Wildman–Crippen MR) is 74.6 cm³/mol. The average Bonchev–Trinajstić information content (AvgIpc) is 2.45. The van der Waals surface area contributed by atoms with E-state index >= 15 is 0 Å². The van der Waals surface area contributed by atoms with Crippen LogP contribution in [0, 0.1) is 17.1 Å². The number of carbonyl (C=O) groups excluding carboxylic acids is 1. The van der Waals surface area contributed by atoms with Crippen molar-refractivity contribution in [3.8, 4) is 6.07 Å². The van der Waals surface area contributed by atoms with Gasteiger partial charge in [-0.2, -0.15) is 5.26 Å². The molecule has 0 bridgehead atoms. The number of nitriles is 1. The van der Waals surface area contributed by atoms with E-state index in [1.165, 1.54) is 13.0 Å². The Morgan fingerprint density at radius 1 is 1.25 bits per heavy atom. The van der Waals surface area contributed by atoms with Crippen molar-refractivity contribution >= 4 is 11.5 Å². The largest absolute Gasteiger partial charge is 0.372 e. The van der Waals surface area contributed by atoms with E-state index in [1.807, 2.05) is 6.07 Å². The molecule has 2 aromatic rings. The molecule has 1 N–H and O–H groups in total. The zero-order valence-electron chi connectivity index (χ0n) is 10.9. The molecule has 3 nitrogen and oxygen atoms in total. The summed E-state index contributed by atoms with van der Waals surface area (Å²) in [4.78, 5) is 11.8. The standard InChI is InChI=1S/C16H13FN2O/c1-11(20)16(14-7-2-3-8-15(14)17)19-13-6-4-5-12(9-13)10-18/h2-9,16,19H,1H3. The highest BCUT2D eigenvalue weighted by Gasteiger charge is 2.19. The van der Waals surface area contributed by atoms with Crippen LogP contribution in [0.3, 0.4) is 0 Å². The molecule has 0 saturated carbocycles. The summed E-state index contributed by atoms with van der Waals surface area (Å²) in [7, 11) is 0. The molecule has 0 heterocycles. The third-order valence-corrected chi connectivity index (χ3v) is 2.93. The van der Waals surface area contributed by atoms with Gasteiger partial charge < -0.3 is 5.32 Å². The fourth-order valence-electron chi connectivity index (χ4n) is 1.95. The van der Waals surface area contributed by atoms with Gasteiger partial charge in [-0.15, -0.1) is 0 Å². The molecule has 1 atom stereocenters. The Bertz CT molecular complexity index is 676. The number of nitrogens with zero attached hydrogens (tertiary/aromatic N) is 1. The first-order chi connectivity index (χ1) is 9.61. The number of ketones is 1. The van der Waals surface area contributed by atoms with Crippen LogP contribution in [0.25, 0.3) is 0 Å². The van der Waals surface area contributed by atoms with Crippen LogP contribution in [0.1, 0.15) is 24.1 Å². The molecule has 0 fully saturated rings. The molecule has 0 aromatic heterocycles. The normalized spacial score (nSPS) is 11.4. The molecular formula is C16H13FN2O. The van der Waals surface area contributed by atoms with Gasteiger partial charge in [0.2, 0.25) is 0 Å². The summed E-state index contributed by atoms with van der Waals surface area (Å²) in [5.41, 5.74) is 1.38. The van der Waals surface area contributed by atoms with Crippen molar-refractivity contribution in [3.63, 3.8) is 0 Å². The van der Waals surface area contributed by atoms with E-state index in [2.05, 4.69) is 5.32 Å². The van der Waals surface area contributed by atoms with Crippen LogP contribution in [0.15, 0.2) is 48.5 Å². The maximum Gasteiger partial charge on any atom is 0.156 e. The molecule has 0 spiro atoms. The number of carbonyl (C=O) groups is 1. The molecule has 4 heteroatoms. The van der Waals surface area contributed by atoms with E-state index < -0.39 is 11.9 Å². The number of anilines is 1. The van der Waals surface area contributed by atoms with E-state index in [1.54, 1.807) is 42.5 Å². The Kier molecular flexibility index (Phi) is 4.11. The van der Waals surface area contributed by atoms with Gasteiger partial charge in [0.1, 0.15) is 11.9 Å². The molecule has 0 aliphatic rings. The topological polar surface area (TPSA) is 52.9 Å². The minimum Gasteiger partial charge on any atom is -0.372 e. The maximum absolute atomic E-state index is 13.8. The van der Waals surface area contributed by atoms with Gasteiger partial charge in [0.05, 0.1) is 11.6 Å². The Morgan fingerprint density at radius 2 is 2.00 bits per heavy atom. The lowest BCUT2D eigenvalue weighted by Crippen LogP contribution is -2.19. The minimum absolute atomic E-state index is 0.197. The zero-order valence-corrected chi connectivity index (χ0v) is 10.9. The third kappa shape index (κ3) is 3.01. The second-order valence-corrected chi connectivity index (χ2v) is 4.40. The summed E-state index contributed by atoms with van der Waals surface area (Å²) in [5, 5.41) is 11.8.